The maximum atomic E-state index is 11.6. The van der Waals surface area contributed by atoms with Crippen LogP contribution in [0.25, 0.3) is 0 Å². The number of benzene rings is 1. The molecule has 130 valence electrons. The van der Waals surface area contributed by atoms with Gasteiger partial charge in [-0.15, -0.1) is 0 Å². The van der Waals surface area contributed by atoms with E-state index in [1.165, 1.54) is 12.1 Å². The molecule has 4 atom stereocenters. The van der Waals surface area contributed by atoms with Gasteiger partial charge in [0.1, 0.15) is 36.8 Å². The number of ether oxygens (including phenoxy) is 1. The van der Waals surface area contributed by atoms with Gasteiger partial charge in [-0.25, -0.2) is 0 Å². The number of phenols is 1. The Morgan fingerprint density at radius 3 is 2.13 bits per heavy atom. The van der Waals surface area contributed by atoms with Gasteiger partial charge in [0.05, 0.1) is 6.61 Å². The SMILES string of the molecule is O=C(CCc1ccc(O)cc1)OC[C@@H](O)[C@@H](O)[C@H](O)[C@@H](O)CO. The van der Waals surface area contributed by atoms with Crippen LogP contribution in [-0.4, -0.2) is 74.2 Å². The normalized spacial score (nSPS) is 16.4. The molecule has 0 unspecified atom stereocenters. The number of aromatic hydroxyl groups is 1. The molecule has 8 heteroatoms. The number of aryl methyl sites for hydroxylation is 1. The lowest BCUT2D eigenvalue weighted by Crippen LogP contribution is -2.47. The van der Waals surface area contributed by atoms with Crippen molar-refractivity contribution in [2.24, 2.45) is 0 Å². The van der Waals surface area contributed by atoms with E-state index in [9.17, 15) is 20.1 Å². The summed E-state index contributed by atoms with van der Waals surface area (Å²) in [6, 6.07) is 6.31. The molecule has 0 aliphatic rings. The van der Waals surface area contributed by atoms with Crippen LogP contribution in [-0.2, 0) is 16.0 Å². The fraction of sp³-hybridized carbons (Fsp3) is 0.533. The monoisotopic (exact) mass is 330 g/mol. The van der Waals surface area contributed by atoms with E-state index in [0.717, 1.165) is 5.56 Å². The number of esters is 1. The van der Waals surface area contributed by atoms with Gasteiger partial charge in [0.15, 0.2) is 0 Å². The predicted octanol–water partition coefficient (Wildman–Crippen LogP) is -1.70. The van der Waals surface area contributed by atoms with Gasteiger partial charge in [0, 0.05) is 6.42 Å². The van der Waals surface area contributed by atoms with Crippen LogP contribution < -0.4 is 0 Å². The Hall–Kier alpha value is -1.71. The van der Waals surface area contributed by atoms with Crippen LogP contribution in [0.5, 0.6) is 5.75 Å². The van der Waals surface area contributed by atoms with Crippen molar-refractivity contribution in [3.8, 4) is 5.75 Å². The minimum Gasteiger partial charge on any atom is -0.508 e. The van der Waals surface area contributed by atoms with E-state index >= 15 is 0 Å². The van der Waals surface area contributed by atoms with Crippen LogP contribution in [0.3, 0.4) is 0 Å². The zero-order valence-electron chi connectivity index (χ0n) is 12.4. The van der Waals surface area contributed by atoms with Gasteiger partial charge in [0.2, 0.25) is 0 Å². The third-order valence-electron chi connectivity index (χ3n) is 3.29. The minimum absolute atomic E-state index is 0.0371. The molecule has 0 spiro atoms. The number of aliphatic hydroxyl groups excluding tert-OH is 5. The lowest BCUT2D eigenvalue weighted by molar-refractivity contribution is -0.156. The number of phenolic OH excluding ortho intramolecular Hbond substituents is 1. The van der Waals surface area contributed by atoms with E-state index in [-0.39, 0.29) is 12.2 Å². The summed E-state index contributed by atoms with van der Waals surface area (Å²) in [5.74, 6) is -0.487. The van der Waals surface area contributed by atoms with Crippen LogP contribution in [0.1, 0.15) is 12.0 Å². The molecule has 8 nitrogen and oxygen atoms in total. The first-order valence-electron chi connectivity index (χ1n) is 7.11. The van der Waals surface area contributed by atoms with Crippen molar-refractivity contribution in [3.05, 3.63) is 29.8 Å². The van der Waals surface area contributed by atoms with E-state index in [4.69, 9.17) is 20.1 Å². The minimum atomic E-state index is -1.76. The van der Waals surface area contributed by atoms with Gasteiger partial charge in [-0.05, 0) is 24.1 Å². The highest BCUT2D eigenvalue weighted by Crippen LogP contribution is 2.11. The molecule has 0 aromatic heterocycles. The average Bonchev–Trinajstić information content (AvgIpc) is 2.56. The Bertz CT molecular complexity index is 475. The van der Waals surface area contributed by atoms with Crippen molar-refractivity contribution in [1.82, 2.24) is 0 Å². The topological polar surface area (TPSA) is 148 Å². The zero-order valence-corrected chi connectivity index (χ0v) is 12.4. The molecule has 0 heterocycles. The molecule has 23 heavy (non-hydrogen) atoms. The first-order valence-corrected chi connectivity index (χ1v) is 7.11. The standard InChI is InChI=1S/C15H22O8/c16-7-11(18)14(21)15(22)12(19)8-23-13(20)6-3-9-1-4-10(17)5-2-9/h1-2,4-5,11-12,14-19,21-22H,3,6-8H2/t11-,12+,14+,15+/m0/s1. The summed E-state index contributed by atoms with van der Waals surface area (Å²) in [5.41, 5.74) is 0.821. The van der Waals surface area contributed by atoms with Crippen LogP contribution in [0.15, 0.2) is 24.3 Å². The van der Waals surface area contributed by atoms with E-state index in [0.29, 0.717) is 6.42 Å². The Morgan fingerprint density at radius 2 is 1.57 bits per heavy atom. The maximum absolute atomic E-state index is 11.6. The summed E-state index contributed by atoms with van der Waals surface area (Å²) < 4.78 is 4.78. The summed E-state index contributed by atoms with van der Waals surface area (Å²) in [6.07, 6.45) is -6.31. The fourth-order valence-corrected chi connectivity index (χ4v) is 1.82. The fourth-order valence-electron chi connectivity index (χ4n) is 1.82. The van der Waals surface area contributed by atoms with Crippen LogP contribution in [0, 0.1) is 0 Å². The molecular weight excluding hydrogens is 308 g/mol. The van der Waals surface area contributed by atoms with Crippen molar-refractivity contribution < 1.29 is 40.2 Å². The van der Waals surface area contributed by atoms with Crippen molar-refractivity contribution in [2.75, 3.05) is 13.2 Å². The smallest absolute Gasteiger partial charge is 0.306 e. The number of hydrogen-bond donors (Lipinski definition) is 6. The molecular formula is C15H22O8. The Morgan fingerprint density at radius 1 is 1.00 bits per heavy atom. The average molecular weight is 330 g/mol. The first-order chi connectivity index (χ1) is 10.8. The third-order valence-corrected chi connectivity index (χ3v) is 3.29. The molecule has 0 aliphatic heterocycles. The summed E-state index contributed by atoms with van der Waals surface area (Å²) in [6.45, 7) is -1.33. The Balaban J connectivity index is 2.33. The van der Waals surface area contributed by atoms with Gasteiger partial charge in [-0.3, -0.25) is 4.79 Å². The van der Waals surface area contributed by atoms with Gasteiger partial charge in [-0.1, -0.05) is 12.1 Å². The lowest BCUT2D eigenvalue weighted by Gasteiger charge is -2.25. The second kappa shape index (κ2) is 9.43. The molecule has 0 amide bonds. The van der Waals surface area contributed by atoms with E-state index in [1.54, 1.807) is 12.1 Å². The second-order valence-corrected chi connectivity index (χ2v) is 5.15. The van der Waals surface area contributed by atoms with Crippen LogP contribution in [0.4, 0.5) is 0 Å². The summed E-state index contributed by atoms with van der Waals surface area (Å²) in [7, 11) is 0. The molecule has 0 aliphatic carbocycles. The highest BCUT2D eigenvalue weighted by molar-refractivity contribution is 5.69. The molecule has 0 radical (unpaired) electrons. The maximum Gasteiger partial charge on any atom is 0.306 e. The van der Waals surface area contributed by atoms with Gasteiger partial charge in [-0.2, -0.15) is 0 Å². The zero-order chi connectivity index (χ0) is 17.4. The number of hydrogen-bond acceptors (Lipinski definition) is 8. The predicted molar refractivity (Wildman–Crippen MR) is 78.5 cm³/mol. The molecule has 0 fully saturated rings. The van der Waals surface area contributed by atoms with Crippen molar-refractivity contribution >= 4 is 5.97 Å². The quantitative estimate of drug-likeness (QED) is 0.294. The summed E-state index contributed by atoms with van der Waals surface area (Å²) in [4.78, 5) is 11.6. The molecule has 0 saturated heterocycles. The third kappa shape index (κ3) is 6.51. The summed E-state index contributed by atoms with van der Waals surface area (Å²) in [5, 5.41) is 55.5. The molecule has 0 saturated carbocycles. The highest BCUT2D eigenvalue weighted by atomic mass is 16.5. The van der Waals surface area contributed by atoms with Crippen LogP contribution in [0.2, 0.25) is 0 Å². The number of rotatable bonds is 9. The van der Waals surface area contributed by atoms with Gasteiger partial charge >= 0.3 is 5.97 Å². The molecule has 6 N–H and O–H groups in total. The largest absolute Gasteiger partial charge is 0.508 e. The Kier molecular flexibility index (Phi) is 7.93. The van der Waals surface area contributed by atoms with Crippen molar-refractivity contribution in [1.29, 1.82) is 0 Å². The van der Waals surface area contributed by atoms with Gasteiger partial charge < -0.3 is 35.4 Å². The molecule has 1 rings (SSSR count). The number of carbonyl (C=O) groups is 1. The highest BCUT2D eigenvalue weighted by Gasteiger charge is 2.30. The Labute approximate surface area is 133 Å². The van der Waals surface area contributed by atoms with Crippen molar-refractivity contribution in [2.45, 2.75) is 37.3 Å². The number of carbonyl (C=O) groups excluding carboxylic acids is 1. The van der Waals surface area contributed by atoms with E-state index < -0.39 is 43.6 Å². The van der Waals surface area contributed by atoms with Gasteiger partial charge in [0.25, 0.3) is 0 Å². The van der Waals surface area contributed by atoms with Crippen molar-refractivity contribution in [3.63, 3.8) is 0 Å². The van der Waals surface area contributed by atoms with Crippen LogP contribution >= 0.6 is 0 Å². The first kappa shape index (κ1) is 19.3. The number of aliphatic hydroxyl groups is 5. The van der Waals surface area contributed by atoms with E-state index in [2.05, 4.69) is 0 Å². The van der Waals surface area contributed by atoms with E-state index in [1.807, 2.05) is 0 Å². The lowest BCUT2D eigenvalue weighted by atomic mass is 10.0. The molecule has 1 aromatic carbocycles. The molecule has 0 bridgehead atoms. The molecule has 1 aromatic rings. The second-order valence-electron chi connectivity index (χ2n) is 5.15. The summed E-state index contributed by atoms with van der Waals surface area (Å²) >= 11 is 0.